The third-order valence-electron chi connectivity index (χ3n) is 1.65. The Labute approximate surface area is 83.4 Å². The molecule has 0 fully saturated rings. The maximum Gasteiger partial charge on any atom is 0.456 e. The summed E-state index contributed by atoms with van der Waals surface area (Å²) in [6, 6.07) is 7.24. The second kappa shape index (κ2) is 4.12. The predicted molar refractivity (Wildman–Crippen MR) is 48.2 cm³/mol. The van der Waals surface area contributed by atoms with Crippen LogP contribution in [-0.4, -0.2) is 17.7 Å². The first-order chi connectivity index (χ1) is 6.96. The zero-order chi connectivity index (χ0) is 11.5. The van der Waals surface area contributed by atoms with Gasteiger partial charge in [-0.1, -0.05) is 30.3 Å². The van der Waals surface area contributed by atoms with Crippen molar-refractivity contribution >= 4 is 11.5 Å². The molecule has 15 heavy (non-hydrogen) atoms. The number of carbonyl (C=O) groups is 1. The Bertz CT molecular complexity index is 384. The second-order valence-corrected chi connectivity index (χ2v) is 2.67. The highest BCUT2D eigenvalue weighted by Crippen LogP contribution is 2.19. The SMILES string of the molecule is N/N=C(\C(=O)C(F)(F)F)c1ccccc1. The molecule has 80 valence electrons. The van der Waals surface area contributed by atoms with Crippen molar-refractivity contribution < 1.29 is 18.0 Å². The molecule has 0 amide bonds. The molecule has 0 heterocycles. The van der Waals surface area contributed by atoms with Crippen molar-refractivity contribution in [1.82, 2.24) is 0 Å². The summed E-state index contributed by atoms with van der Waals surface area (Å²) in [6.45, 7) is 0. The lowest BCUT2D eigenvalue weighted by Crippen LogP contribution is -2.32. The maximum atomic E-state index is 12.1. The summed E-state index contributed by atoms with van der Waals surface area (Å²) in [4.78, 5) is 10.9. The molecule has 0 radical (unpaired) electrons. The zero-order valence-corrected chi connectivity index (χ0v) is 7.45. The van der Waals surface area contributed by atoms with Crippen molar-refractivity contribution in [2.24, 2.45) is 10.9 Å². The van der Waals surface area contributed by atoms with Gasteiger partial charge >= 0.3 is 6.18 Å². The lowest BCUT2D eigenvalue weighted by atomic mass is 10.1. The lowest BCUT2D eigenvalue weighted by molar-refractivity contribution is -0.163. The first kappa shape index (κ1) is 11.2. The molecule has 0 saturated heterocycles. The average Bonchev–Trinajstić information content (AvgIpc) is 2.19. The molecule has 1 rings (SSSR count). The van der Waals surface area contributed by atoms with Crippen molar-refractivity contribution in [2.45, 2.75) is 6.18 Å². The average molecular weight is 216 g/mol. The van der Waals surface area contributed by atoms with E-state index < -0.39 is 17.7 Å². The highest BCUT2D eigenvalue weighted by molar-refractivity contribution is 6.47. The number of halogens is 3. The molecule has 1 aromatic carbocycles. The van der Waals surface area contributed by atoms with Gasteiger partial charge in [-0.2, -0.15) is 18.3 Å². The molecule has 3 nitrogen and oxygen atoms in total. The molecular weight excluding hydrogens is 209 g/mol. The summed E-state index contributed by atoms with van der Waals surface area (Å²) in [5.74, 6) is 2.72. The molecule has 0 unspecified atom stereocenters. The molecule has 0 bridgehead atoms. The van der Waals surface area contributed by atoms with Crippen molar-refractivity contribution in [3.8, 4) is 0 Å². The molecule has 0 saturated carbocycles. The topological polar surface area (TPSA) is 55.4 Å². The molecule has 6 heteroatoms. The van der Waals surface area contributed by atoms with Gasteiger partial charge in [0.05, 0.1) is 0 Å². The largest absolute Gasteiger partial charge is 0.456 e. The number of hydrazone groups is 1. The van der Waals surface area contributed by atoms with Crippen LogP contribution < -0.4 is 5.84 Å². The van der Waals surface area contributed by atoms with Gasteiger partial charge in [-0.25, -0.2) is 0 Å². The van der Waals surface area contributed by atoms with Crippen LogP contribution in [0.2, 0.25) is 0 Å². The van der Waals surface area contributed by atoms with Gasteiger partial charge in [0.15, 0.2) is 0 Å². The Morgan fingerprint density at radius 3 is 2.13 bits per heavy atom. The molecule has 0 aromatic heterocycles. The number of rotatable bonds is 2. The maximum absolute atomic E-state index is 12.1. The number of nitrogens with zero attached hydrogens (tertiary/aromatic N) is 1. The zero-order valence-electron chi connectivity index (χ0n) is 7.45. The predicted octanol–water partition coefficient (Wildman–Crippen LogP) is 1.48. The van der Waals surface area contributed by atoms with Crippen LogP contribution in [0.4, 0.5) is 13.2 Å². The third-order valence-corrected chi connectivity index (χ3v) is 1.65. The number of benzene rings is 1. The summed E-state index contributed by atoms with van der Waals surface area (Å²) < 4.78 is 36.3. The van der Waals surface area contributed by atoms with Crippen LogP contribution in [0.3, 0.4) is 0 Å². The van der Waals surface area contributed by atoms with E-state index in [9.17, 15) is 18.0 Å². The Kier molecular flexibility index (Phi) is 3.08. The van der Waals surface area contributed by atoms with Gasteiger partial charge in [0.25, 0.3) is 5.78 Å². The number of Topliss-reactive ketones (excluding diaryl/α,β-unsaturated/α-hetero) is 1. The normalized spacial score (nSPS) is 12.6. The van der Waals surface area contributed by atoms with Gasteiger partial charge in [-0.15, -0.1) is 0 Å². The summed E-state index contributed by atoms with van der Waals surface area (Å²) >= 11 is 0. The molecule has 0 aliphatic rings. The second-order valence-electron chi connectivity index (χ2n) is 2.67. The summed E-state index contributed by atoms with van der Waals surface area (Å²) in [5, 5.41) is 2.87. The van der Waals surface area contributed by atoms with Crippen LogP contribution in [0.5, 0.6) is 0 Å². The van der Waals surface area contributed by atoms with Gasteiger partial charge < -0.3 is 5.84 Å². The van der Waals surface area contributed by atoms with E-state index in [0.717, 1.165) is 0 Å². The number of alkyl halides is 3. The van der Waals surface area contributed by atoms with Crippen molar-refractivity contribution in [2.75, 3.05) is 0 Å². The van der Waals surface area contributed by atoms with E-state index in [0.29, 0.717) is 0 Å². The Balaban J connectivity index is 3.08. The molecule has 0 spiro atoms. The van der Waals surface area contributed by atoms with Gasteiger partial charge in [-0.3, -0.25) is 4.79 Å². The summed E-state index contributed by atoms with van der Waals surface area (Å²) in [6.07, 6.45) is -4.96. The molecule has 0 aliphatic carbocycles. The smallest absolute Gasteiger partial charge is 0.323 e. The van der Waals surface area contributed by atoms with Crippen LogP contribution in [0, 0.1) is 0 Å². The van der Waals surface area contributed by atoms with Crippen LogP contribution in [0.25, 0.3) is 0 Å². The van der Waals surface area contributed by atoms with E-state index in [2.05, 4.69) is 5.10 Å². The Morgan fingerprint density at radius 1 is 1.20 bits per heavy atom. The van der Waals surface area contributed by atoms with E-state index in [1.165, 1.54) is 24.3 Å². The first-order valence-corrected chi connectivity index (χ1v) is 3.91. The van der Waals surface area contributed by atoms with Crippen LogP contribution >= 0.6 is 0 Å². The Morgan fingerprint density at radius 2 is 1.73 bits per heavy atom. The highest BCUT2D eigenvalue weighted by Gasteiger charge is 2.42. The van der Waals surface area contributed by atoms with Crippen molar-refractivity contribution in [1.29, 1.82) is 0 Å². The van der Waals surface area contributed by atoms with Gasteiger partial charge in [0.2, 0.25) is 0 Å². The monoisotopic (exact) mass is 216 g/mol. The molecule has 0 aliphatic heterocycles. The van der Waals surface area contributed by atoms with E-state index in [1.807, 2.05) is 0 Å². The molecule has 1 aromatic rings. The molecule has 0 atom stereocenters. The van der Waals surface area contributed by atoms with Crippen molar-refractivity contribution in [3.63, 3.8) is 0 Å². The third kappa shape index (κ3) is 2.55. The minimum atomic E-state index is -4.96. The van der Waals surface area contributed by atoms with Crippen LogP contribution in [0.15, 0.2) is 35.4 Å². The molecule has 2 N–H and O–H groups in total. The van der Waals surface area contributed by atoms with Crippen LogP contribution in [0.1, 0.15) is 5.56 Å². The van der Waals surface area contributed by atoms with Crippen LogP contribution in [-0.2, 0) is 4.79 Å². The number of ketones is 1. The number of hydrogen-bond acceptors (Lipinski definition) is 3. The highest BCUT2D eigenvalue weighted by atomic mass is 19.4. The lowest BCUT2D eigenvalue weighted by Gasteiger charge is -2.06. The Hall–Kier alpha value is -1.85. The quantitative estimate of drug-likeness (QED) is 0.462. The minimum absolute atomic E-state index is 0.0438. The standard InChI is InChI=1S/C9H7F3N2O/c10-9(11,12)8(15)7(14-13)6-4-2-1-3-5-6/h1-5H,13H2/b14-7-. The van der Waals surface area contributed by atoms with Gasteiger partial charge in [-0.05, 0) is 0 Å². The van der Waals surface area contributed by atoms with E-state index in [4.69, 9.17) is 5.84 Å². The van der Waals surface area contributed by atoms with E-state index in [-0.39, 0.29) is 5.56 Å². The van der Waals surface area contributed by atoms with Gasteiger partial charge in [0.1, 0.15) is 5.71 Å². The summed E-state index contributed by atoms with van der Waals surface area (Å²) in [5.41, 5.74) is -0.745. The van der Waals surface area contributed by atoms with E-state index in [1.54, 1.807) is 6.07 Å². The fraction of sp³-hybridized carbons (Fsp3) is 0.111. The number of carbonyl (C=O) groups excluding carboxylic acids is 1. The fourth-order valence-corrected chi connectivity index (χ4v) is 0.995. The fourth-order valence-electron chi connectivity index (χ4n) is 0.995. The summed E-state index contributed by atoms with van der Waals surface area (Å²) in [7, 11) is 0. The number of hydrogen-bond donors (Lipinski definition) is 1. The minimum Gasteiger partial charge on any atom is -0.323 e. The van der Waals surface area contributed by atoms with E-state index >= 15 is 0 Å². The molecular formula is C9H7F3N2O. The first-order valence-electron chi connectivity index (χ1n) is 3.91. The van der Waals surface area contributed by atoms with Gasteiger partial charge in [0, 0.05) is 5.56 Å². The van der Waals surface area contributed by atoms with Crippen molar-refractivity contribution in [3.05, 3.63) is 35.9 Å². The number of nitrogens with two attached hydrogens (primary N) is 1.